The number of nitrogens with zero attached hydrogens (tertiary/aromatic N) is 3. The lowest BCUT2D eigenvalue weighted by Crippen LogP contribution is -2.08. The summed E-state index contributed by atoms with van der Waals surface area (Å²) in [5, 5.41) is 18.3. The molecular weight excluding hydrogens is 275 g/mol. The highest BCUT2D eigenvalue weighted by atomic mass is 19.1. The van der Waals surface area contributed by atoms with E-state index in [2.05, 4.69) is 10.4 Å². The van der Waals surface area contributed by atoms with Gasteiger partial charge in [0.25, 0.3) is 5.69 Å². The molecule has 2 rings (SSSR count). The van der Waals surface area contributed by atoms with E-state index in [1.165, 1.54) is 12.1 Å². The van der Waals surface area contributed by atoms with E-state index in [4.69, 9.17) is 0 Å². The van der Waals surface area contributed by atoms with Gasteiger partial charge in [-0.1, -0.05) is 0 Å². The minimum atomic E-state index is -0.615. The average Bonchev–Trinajstić information content (AvgIpc) is 2.66. The number of nitro groups is 1. The summed E-state index contributed by atoms with van der Waals surface area (Å²) in [6.07, 6.45) is 0. The van der Waals surface area contributed by atoms with Gasteiger partial charge in [-0.25, -0.2) is 4.39 Å². The number of nitro benzene ring substituents is 1. The molecule has 112 valence electrons. The average molecular weight is 292 g/mol. The molecule has 2 aromatic rings. The summed E-state index contributed by atoms with van der Waals surface area (Å²) >= 11 is 0. The molecule has 1 aromatic heterocycles. The van der Waals surface area contributed by atoms with E-state index in [9.17, 15) is 14.5 Å². The predicted octanol–water partition coefficient (Wildman–Crippen LogP) is 2.31. The van der Waals surface area contributed by atoms with Crippen molar-refractivity contribution in [3.8, 4) is 0 Å². The third kappa shape index (κ3) is 3.25. The number of aryl methyl sites for hydroxylation is 1. The van der Waals surface area contributed by atoms with Gasteiger partial charge in [0.2, 0.25) is 0 Å². The molecule has 0 saturated carbocycles. The Balaban J connectivity index is 2.34. The predicted molar refractivity (Wildman–Crippen MR) is 76.6 cm³/mol. The number of rotatable bonds is 5. The van der Waals surface area contributed by atoms with Crippen molar-refractivity contribution in [2.24, 2.45) is 0 Å². The normalized spacial score (nSPS) is 10.9. The first-order chi connectivity index (χ1) is 9.92. The number of hydrogen-bond donors (Lipinski definition) is 1. The van der Waals surface area contributed by atoms with Gasteiger partial charge in [0.15, 0.2) is 0 Å². The molecule has 0 aliphatic heterocycles. The molecule has 0 aliphatic carbocycles. The van der Waals surface area contributed by atoms with Gasteiger partial charge in [-0.2, -0.15) is 5.10 Å². The minimum Gasteiger partial charge on any atom is -0.316 e. The van der Waals surface area contributed by atoms with Gasteiger partial charge in [-0.3, -0.25) is 14.8 Å². The number of halogens is 1. The largest absolute Gasteiger partial charge is 0.316 e. The number of benzene rings is 1. The molecule has 0 saturated heterocycles. The molecule has 0 unspecified atom stereocenters. The summed E-state index contributed by atoms with van der Waals surface area (Å²) in [6, 6.07) is 3.58. The first-order valence-electron chi connectivity index (χ1n) is 6.53. The zero-order valence-electron chi connectivity index (χ0n) is 12.2. The van der Waals surface area contributed by atoms with Crippen LogP contribution in [0, 0.1) is 29.8 Å². The van der Waals surface area contributed by atoms with E-state index in [1.54, 1.807) is 4.68 Å². The van der Waals surface area contributed by atoms with E-state index in [1.807, 2.05) is 20.9 Å². The van der Waals surface area contributed by atoms with E-state index < -0.39 is 10.7 Å². The first kappa shape index (κ1) is 15.1. The molecule has 0 radical (unpaired) electrons. The maximum atomic E-state index is 13.5. The smallest absolute Gasteiger partial charge is 0.272 e. The molecule has 0 spiro atoms. The van der Waals surface area contributed by atoms with Crippen molar-refractivity contribution in [3.63, 3.8) is 0 Å². The van der Waals surface area contributed by atoms with Crippen molar-refractivity contribution in [2.45, 2.75) is 26.9 Å². The van der Waals surface area contributed by atoms with Gasteiger partial charge in [-0.15, -0.1) is 0 Å². The third-order valence-electron chi connectivity index (χ3n) is 3.37. The van der Waals surface area contributed by atoms with Gasteiger partial charge in [0.05, 0.1) is 23.2 Å². The molecular formula is C14H17FN4O2. The van der Waals surface area contributed by atoms with Crippen molar-refractivity contribution in [1.82, 2.24) is 15.1 Å². The maximum absolute atomic E-state index is 13.5. The maximum Gasteiger partial charge on any atom is 0.272 e. The van der Waals surface area contributed by atoms with Crippen LogP contribution in [0.2, 0.25) is 0 Å². The second-order valence-electron chi connectivity index (χ2n) is 4.91. The quantitative estimate of drug-likeness (QED) is 0.678. The zero-order valence-corrected chi connectivity index (χ0v) is 12.2. The Bertz CT molecular complexity index is 682. The molecule has 0 atom stereocenters. The van der Waals surface area contributed by atoms with Crippen LogP contribution in [0.25, 0.3) is 0 Å². The minimum absolute atomic E-state index is 0.248. The van der Waals surface area contributed by atoms with Crippen LogP contribution in [-0.2, 0) is 13.1 Å². The van der Waals surface area contributed by atoms with Crippen molar-refractivity contribution >= 4 is 5.69 Å². The highest BCUT2D eigenvalue weighted by Gasteiger charge is 2.14. The lowest BCUT2D eigenvalue weighted by atomic mass is 10.1. The van der Waals surface area contributed by atoms with E-state index in [0.29, 0.717) is 18.7 Å². The van der Waals surface area contributed by atoms with Crippen LogP contribution < -0.4 is 5.32 Å². The molecule has 0 fully saturated rings. The standard InChI is InChI=1S/C14H17FN4O2/c1-9-14(7-16-3)10(2)18(17-9)8-11-4-12(15)6-13(5-11)19(20)21/h4-6,16H,7-8H2,1-3H3. The van der Waals surface area contributed by atoms with Crippen LogP contribution in [0.15, 0.2) is 18.2 Å². The highest BCUT2D eigenvalue weighted by molar-refractivity contribution is 5.36. The molecule has 1 heterocycles. The fourth-order valence-electron chi connectivity index (χ4n) is 2.32. The summed E-state index contributed by atoms with van der Waals surface area (Å²) in [5.41, 5.74) is 3.22. The summed E-state index contributed by atoms with van der Waals surface area (Å²) < 4.78 is 15.2. The number of hydrogen-bond acceptors (Lipinski definition) is 4. The Kier molecular flexibility index (Phi) is 4.32. The van der Waals surface area contributed by atoms with E-state index in [-0.39, 0.29) is 5.69 Å². The van der Waals surface area contributed by atoms with Crippen LogP contribution in [0.4, 0.5) is 10.1 Å². The molecule has 7 heteroatoms. The Hall–Kier alpha value is -2.28. The number of nitrogens with one attached hydrogen (secondary N) is 1. The Morgan fingerprint density at radius 3 is 2.71 bits per heavy atom. The third-order valence-corrected chi connectivity index (χ3v) is 3.37. The van der Waals surface area contributed by atoms with E-state index in [0.717, 1.165) is 23.0 Å². The van der Waals surface area contributed by atoms with Crippen LogP contribution in [0.1, 0.15) is 22.5 Å². The van der Waals surface area contributed by atoms with Crippen LogP contribution >= 0.6 is 0 Å². The topological polar surface area (TPSA) is 73.0 Å². The highest BCUT2D eigenvalue weighted by Crippen LogP contribution is 2.19. The molecule has 6 nitrogen and oxygen atoms in total. The summed E-state index contributed by atoms with van der Waals surface area (Å²) in [4.78, 5) is 10.2. The Labute approximate surface area is 121 Å². The number of aromatic nitrogens is 2. The SMILES string of the molecule is CNCc1c(C)nn(Cc2cc(F)cc([N+](=O)[O-])c2)c1C. The van der Waals surface area contributed by atoms with Gasteiger partial charge in [0, 0.05) is 23.9 Å². The zero-order chi connectivity index (χ0) is 15.6. The lowest BCUT2D eigenvalue weighted by Gasteiger charge is -2.06. The summed E-state index contributed by atoms with van der Waals surface area (Å²) in [6.45, 7) is 4.83. The molecule has 0 bridgehead atoms. The van der Waals surface area contributed by atoms with Gasteiger partial charge < -0.3 is 5.32 Å². The van der Waals surface area contributed by atoms with Gasteiger partial charge in [-0.05, 0) is 32.5 Å². The fourth-order valence-corrected chi connectivity index (χ4v) is 2.32. The molecule has 1 N–H and O–H groups in total. The monoisotopic (exact) mass is 292 g/mol. The molecule has 1 aromatic carbocycles. The summed E-state index contributed by atoms with van der Waals surface area (Å²) in [5.74, 6) is -0.615. The Morgan fingerprint density at radius 1 is 1.38 bits per heavy atom. The van der Waals surface area contributed by atoms with Gasteiger partial charge in [0.1, 0.15) is 5.82 Å². The van der Waals surface area contributed by atoms with Crippen LogP contribution in [0.3, 0.4) is 0 Å². The first-order valence-corrected chi connectivity index (χ1v) is 6.53. The van der Waals surface area contributed by atoms with E-state index >= 15 is 0 Å². The summed E-state index contributed by atoms with van der Waals surface area (Å²) in [7, 11) is 1.85. The second kappa shape index (κ2) is 6.01. The molecule has 0 amide bonds. The number of non-ortho nitro benzene ring substituents is 1. The van der Waals surface area contributed by atoms with Gasteiger partial charge >= 0.3 is 0 Å². The van der Waals surface area contributed by atoms with Crippen LogP contribution in [0.5, 0.6) is 0 Å². The second-order valence-corrected chi connectivity index (χ2v) is 4.91. The van der Waals surface area contributed by atoms with Crippen molar-refractivity contribution in [2.75, 3.05) is 7.05 Å². The molecule has 21 heavy (non-hydrogen) atoms. The van der Waals surface area contributed by atoms with Crippen molar-refractivity contribution in [1.29, 1.82) is 0 Å². The van der Waals surface area contributed by atoms with Crippen molar-refractivity contribution < 1.29 is 9.31 Å². The van der Waals surface area contributed by atoms with Crippen molar-refractivity contribution in [3.05, 3.63) is 56.6 Å². The fraction of sp³-hybridized carbons (Fsp3) is 0.357. The van der Waals surface area contributed by atoms with Crippen LogP contribution in [-0.4, -0.2) is 21.8 Å². The Morgan fingerprint density at radius 2 is 2.10 bits per heavy atom. The molecule has 0 aliphatic rings. The lowest BCUT2D eigenvalue weighted by molar-refractivity contribution is -0.385.